The lowest BCUT2D eigenvalue weighted by Crippen LogP contribution is -2.06. The van der Waals surface area contributed by atoms with E-state index in [4.69, 9.17) is 5.73 Å². The summed E-state index contributed by atoms with van der Waals surface area (Å²) in [7, 11) is 0. The van der Waals surface area contributed by atoms with Crippen LogP contribution in [-0.2, 0) is 0 Å². The molecule has 0 atom stereocenters. The van der Waals surface area contributed by atoms with Gasteiger partial charge in [0, 0.05) is 11.7 Å². The first-order valence-electron chi connectivity index (χ1n) is 6.71. The number of hydrogen-bond donors (Lipinski definition) is 1. The third-order valence-corrected chi connectivity index (χ3v) is 3.44. The third-order valence-electron chi connectivity index (χ3n) is 3.44. The van der Waals surface area contributed by atoms with Gasteiger partial charge in [0.05, 0.1) is 16.6 Å². The molecule has 3 rings (SSSR count). The maximum atomic E-state index is 14.2. The van der Waals surface area contributed by atoms with Gasteiger partial charge in [-0.05, 0) is 44.2 Å². The molecule has 0 aliphatic carbocycles. The van der Waals surface area contributed by atoms with Crippen molar-refractivity contribution in [2.24, 2.45) is 0 Å². The van der Waals surface area contributed by atoms with Crippen molar-refractivity contribution in [1.82, 2.24) is 9.55 Å². The first-order valence-corrected chi connectivity index (χ1v) is 6.71. The molecule has 3 nitrogen and oxygen atoms in total. The zero-order chi connectivity index (χ0) is 15.1. The number of nitrogens with two attached hydrogens (primary N) is 1. The normalized spacial score (nSPS) is 11.5. The van der Waals surface area contributed by atoms with Crippen LogP contribution >= 0.6 is 0 Å². The molecular formula is C16H15F2N3. The largest absolute Gasteiger partial charge is 0.398 e. The highest BCUT2D eigenvalue weighted by Gasteiger charge is 2.20. The van der Waals surface area contributed by atoms with Gasteiger partial charge in [0.1, 0.15) is 17.5 Å². The summed E-state index contributed by atoms with van der Waals surface area (Å²) in [6, 6.07) is 8.85. The molecule has 5 heteroatoms. The number of fused-ring (bicyclic) bond motifs is 1. The van der Waals surface area contributed by atoms with Crippen LogP contribution in [0.15, 0.2) is 36.4 Å². The predicted molar refractivity (Wildman–Crippen MR) is 79.9 cm³/mol. The van der Waals surface area contributed by atoms with E-state index in [-0.39, 0.29) is 17.4 Å². The number of rotatable bonds is 2. The SMILES string of the molecule is CC(C)n1c(-c2c(N)cccc2F)nc2ccc(F)cc21. The molecular weight excluding hydrogens is 272 g/mol. The highest BCUT2D eigenvalue weighted by molar-refractivity contribution is 5.84. The van der Waals surface area contributed by atoms with E-state index in [1.165, 1.54) is 18.2 Å². The van der Waals surface area contributed by atoms with Crippen LogP contribution in [0.3, 0.4) is 0 Å². The van der Waals surface area contributed by atoms with E-state index in [9.17, 15) is 8.78 Å². The Labute approximate surface area is 121 Å². The fraction of sp³-hybridized carbons (Fsp3) is 0.188. The summed E-state index contributed by atoms with van der Waals surface area (Å²) in [5.74, 6) is -0.369. The number of imidazole rings is 1. The van der Waals surface area contributed by atoms with E-state index in [0.717, 1.165) is 0 Å². The summed E-state index contributed by atoms with van der Waals surface area (Å²) >= 11 is 0. The Morgan fingerprint density at radius 1 is 1.14 bits per heavy atom. The van der Waals surface area contributed by atoms with Gasteiger partial charge < -0.3 is 10.3 Å². The van der Waals surface area contributed by atoms with Crippen LogP contribution in [0.5, 0.6) is 0 Å². The van der Waals surface area contributed by atoms with Gasteiger partial charge >= 0.3 is 0 Å². The van der Waals surface area contributed by atoms with Crippen LogP contribution in [0.25, 0.3) is 22.4 Å². The smallest absolute Gasteiger partial charge is 0.146 e. The summed E-state index contributed by atoms with van der Waals surface area (Å²) < 4.78 is 29.5. The van der Waals surface area contributed by atoms with Gasteiger partial charge in [-0.1, -0.05) is 6.07 Å². The molecule has 1 heterocycles. The van der Waals surface area contributed by atoms with E-state index in [1.807, 2.05) is 13.8 Å². The van der Waals surface area contributed by atoms with Gasteiger partial charge in [0.2, 0.25) is 0 Å². The molecule has 0 saturated carbocycles. The molecule has 1 aromatic heterocycles. The Morgan fingerprint density at radius 3 is 2.57 bits per heavy atom. The summed E-state index contributed by atoms with van der Waals surface area (Å²) in [5, 5.41) is 0. The molecule has 0 amide bonds. The lowest BCUT2D eigenvalue weighted by atomic mass is 10.1. The molecule has 108 valence electrons. The van der Waals surface area contributed by atoms with Crippen molar-refractivity contribution in [3.8, 4) is 11.4 Å². The van der Waals surface area contributed by atoms with E-state index < -0.39 is 5.82 Å². The third kappa shape index (κ3) is 2.14. The predicted octanol–water partition coefficient (Wildman–Crippen LogP) is 4.14. The number of nitrogens with zero attached hydrogens (tertiary/aromatic N) is 2. The maximum Gasteiger partial charge on any atom is 0.146 e. The van der Waals surface area contributed by atoms with Crippen molar-refractivity contribution >= 4 is 16.7 Å². The molecule has 3 aromatic rings. The van der Waals surface area contributed by atoms with Crippen molar-refractivity contribution in [2.75, 3.05) is 5.73 Å². The summed E-state index contributed by atoms with van der Waals surface area (Å²) in [5.41, 5.74) is 7.71. The van der Waals surface area contributed by atoms with Crippen molar-refractivity contribution in [3.63, 3.8) is 0 Å². The van der Waals surface area contributed by atoms with Crippen LogP contribution in [0, 0.1) is 11.6 Å². The van der Waals surface area contributed by atoms with Gasteiger partial charge in [-0.25, -0.2) is 13.8 Å². The standard InChI is InChI=1S/C16H15F2N3/c1-9(2)21-14-8-10(17)6-7-13(14)20-16(21)15-11(18)4-3-5-12(15)19/h3-9H,19H2,1-2H3. The zero-order valence-corrected chi connectivity index (χ0v) is 11.8. The number of nitrogen functional groups attached to an aromatic ring is 1. The molecule has 0 spiro atoms. The first kappa shape index (κ1) is 13.5. The van der Waals surface area contributed by atoms with Gasteiger partial charge in [0.25, 0.3) is 0 Å². The molecule has 0 unspecified atom stereocenters. The number of hydrogen-bond acceptors (Lipinski definition) is 2. The number of aromatic nitrogens is 2. The van der Waals surface area contributed by atoms with Crippen molar-refractivity contribution < 1.29 is 8.78 Å². The molecule has 0 aliphatic heterocycles. The van der Waals surface area contributed by atoms with E-state index in [1.54, 1.807) is 22.8 Å². The fourth-order valence-electron chi connectivity index (χ4n) is 2.54. The summed E-state index contributed by atoms with van der Waals surface area (Å²) in [6.45, 7) is 3.87. The molecule has 0 bridgehead atoms. The highest BCUT2D eigenvalue weighted by atomic mass is 19.1. The second kappa shape index (κ2) is 4.84. The van der Waals surface area contributed by atoms with Crippen LogP contribution in [0.2, 0.25) is 0 Å². The van der Waals surface area contributed by atoms with Crippen LogP contribution < -0.4 is 5.73 Å². The first-order chi connectivity index (χ1) is 9.99. The Kier molecular flexibility index (Phi) is 3.12. The monoisotopic (exact) mass is 287 g/mol. The van der Waals surface area contributed by atoms with Gasteiger partial charge in [-0.15, -0.1) is 0 Å². The zero-order valence-electron chi connectivity index (χ0n) is 11.8. The Morgan fingerprint density at radius 2 is 1.90 bits per heavy atom. The second-order valence-electron chi connectivity index (χ2n) is 5.24. The molecule has 0 fully saturated rings. The minimum atomic E-state index is -0.437. The second-order valence-corrected chi connectivity index (χ2v) is 5.24. The molecule has 21 heavy (non-hydrogen) atoms. The van der Waals surface area contributed by atoms with Crippen LogP contribution in [0.4, 0.5) is 14.5 Å². The summed E-state index contributed by atoms with van der Waals surface area (Å²) in [6.07, 6.45) is 0. The topological polar surface area (TPSA) is 43.8 Å². The molecule has 0 saturated heterocycles. The molecule has 2 N–H and O–H groups in total. The molecule has 2 aromatic carbocycles. The van der Waals surface area contributed by atoms with Crippen molar-refractivity contribution in [1.29, 1.82) is 0 Å². The average molecular weight is 287 g/mol. The fourth-order valence-corrected chi connectivity index (χ4v) is 2.54. The number of anilines is 1. The Hall–Kier alpha value is -2.43. The van der Waals surface area contributed by atoms with E-state index in [2.05, 4.69) is 4.98 Å². The Balaban J connectivity index is 2.40. The summed E-state index contributed by atoms with van der Waals surface area (Å²) in [4.78, 5) is 4.44. The number of benzene rings is 2. The number of halogens is 2. The lowest BCUT2D eigenvalue weighted by Gasteiger charge is -2.14. The molecule has 0 aliphatic rings. The van der Waals surface area contributed by atoms with Crippen LogP contribution in [-0.4, -0.2) is 9.55 Å². The average Bonchev–Trinajstić information content (AvgIpc) is 2.76. The van der Waals surface area contributed by atoms with Gasteiger partial charge in [-0.3, -0.25) is 0 Å². The Bertz CT molecular complexity index is 801. The van der Waals surface area contributed by atoms with Gasteiger partial charge in [-0.2, -0.15) is 0 Å². The van der Waals surface area contributed by atoms with Crippen molar-refractivity contribution in [2.45, 2.75) is 19.9 Å². The van der Waals surface area contributed by atoms with E-state index in [0.29, 0.717) is 22.5 Å². The maximum absolute atomic E-state index is 14.2. The quantitative estimate of drug-likeness (QED) is 0.720. The van der Waals surface area contributed by atoms with Crippen molar-refractivity contribution in [3.05, 3.63) is 48.0 Å². The highest BCUT2D eigenvalue weighted by Crippen LogP contribution is 2.33. The van der Waals surface area contributed by atoms with Gasteiger partial charge in [0.15, 0.2) is 0 Å². The van der Waals surface area contributed by atoms with E-state index >= 15 is 0 Å². The van der Waals surface area contributed by atoms with Crippen LogP contribution in [0.1, 0.15) is 19.9 Å². The minimum Gasteiger partial charge on any atom is -0.398 e. The molecule has 0 radical (unpaired) electrons. The minimum absolute atomic E-state index is 0.00851. The lowest BCUT2D eigenvalue weighted by molar-refractivity contribution is 0.604.